The molecule has 0 saturated carbocycles. The number of rotatable bonds is 9. The van der Waals surface area contributed by atoms with Gasteiger partial charge in [-0.2, -0.15) is 0 Å². The largest absolute Gasteiger partial charge is 0.378 e. The zero-order valence-corrected chi connectivity index (χ0v) is 10.3. The number of hydrogen-bond acceptors (Lipinski definition) is 1. The summed E-state index contributed by atoms with van der Waals surface area (Å²) < 4.78 is 0. The van der Waals surface area contributed by atoms with Crippen LogP contribution in [0.2, 0.25) is 0 Å². The van der Waals surface area contributed by atoms with E-state index in [-0.39, 0.29) is 0 Å². The number of allylic oxidation sites excluding steroid dienone is 1. The lowest BCUT2D eigenvalue weighted by Gasteiger charge is -2.19. The molecule has 0 aromatic carbocycles. The molecule has 0 aromatic rings. The molecule has 0 aromatic heterocycles. The molecule has 0 heterocycles. The molecule has 0 unspecified atom stereocenters. The summed E-state index contributed by atoms with van der Waals surface area (Å²) in [7, 11) is 0. The molecule has 0 N–H and O–H groups in total. The quantitative estimate of drug-likeness (QED) is 0.501. The summed E-state index contributed by atoms with van der Waals surface area (Å²) in [6.45, 7) is 9.10. The van der Waals surface area contributed by atoms with E-state index in [2.05, 4.69) is 37.9 Å². The molecule has 0 radical (unpaired) electrons. The van der Waals surface area contributed by atoms with Crippen molar-refractivity contribution < 1.29 is 0 Å². The van der Waals surface area contributed by atoms with E-state index >= 15 is 0 Å². The van der Waals surface area contributed by atoms with Crippen LogP contribution in [-0.2, 0) is 0 Å². The first-order valence-electron chi connectivity index (χ1n) is 6.22. The average Bonchev–Trinajstić information content (AvgIpc) is 2.18. The molecule has 1 nitrogen and oxygen atoms in total. The number of hydrogen-bond donors (Lipinski definition) is 0. The Morgan fingerprint density at radius 3 is 1.71 bits per heavy atom. The molecule has 0 aliphatic carbocycles. The van der Waals surface area contributed by atoms with Crippen molar-refractivity contribution in [2.24, 2.45) is 0 Å². The van der Waals surface area contributed by atoms with Gasteiger partial charge in [-0.1, -0.05) is 45.6 Å². The molecule has 1 heteroatoms. The lowest BCUT2D eigenvalue weighted by atomic mass is 10.2. The monoisotopic (exact) mass is 197 g/mol. The van der Waals surface area contributed by atoms with Crippen molar-refractivity contribution in [3.63, 3.8) is 0 Å². The zero-order chi connectivity index (χ0) is 10.6. The maximum atomic E-state index is 2.46. The third-order valence-electron chi connectivity index (χ3n) is 2.46. The van der Waals surface area contributed by atoms with E-state index in [1.54, 1.807) is 0 Å². The van der Waals surface area contributed by atoms with Crippen LogP contribution in [0.15, 0.2) is 12.3 Å². The summed E-state index contributed by atoms with van der Waals surface area (Å²) in [5.74, 6) is 0. The second-order valence-corrected chi connectivity index (χ2v) is 3.93. The lowest BCUT2D eigenvalue weighted by Crippen LogP contribution is -2.19. The van der Waals surface area contributed by atoms with E-state index in [4.69, 9.17) is 0 Å². The second kappa shape index (κ2) is 10.6. The van der Waals surface area contributed by atoms with Gasteiger partial charge in [-0.05, 0) is 26.0 Å². The minimum absolute atomic E-state index is 1.24. The summed E-state index contributed by atoms with van der Waals surface area (Å²) in [4.78, 5) is 2.46. The van der Waals surface area contributed by atoms with Crippen molar-refractivity contribution in [3.05, 3.63) is 12.3 Å². The molecule has 0 rings (SSSR count). The number of unbranched alkanes of at least 4 members (excludes halogenated alkanes) is 4. The Kier molecular flexibility index (Phi) is 10.3. The van der Waals surface area contributed by atoms with Crippen molar-refractivity contribution >= 4 is 0 Å². The highest BCUT2D eigenvalue weighted by molar-refractivity contribution is 4.78. The van der Waals surface area contributed by atoms with Crippen LogP contribution < -0.4 is 0 Å². The van der Waals surface area contributed by atoms with E-state index < -0.39 is 0 Å². The van der Waals surface area contributed by atoms with Crippen molar-refractivity contribution in [1.29, 1.82) is 0 Å². The van der Waals surface area contributed by atoms with Gasteiger partial charge in [0, 0.05) is 13.1 Å². The Bertz CT molecular complexity index is 119. The summed E-state index contributed by atoms with van der Waals surface area (Å²) in [5, 5.41) is 0. The van der Waals surface area contributed by atoms with Crippen LogP contribution >= 0.6 is 0 Å². The van der Waals surface area contributed by atoms with E-state index in [0.29, 0.717) is 0 Å². The highest BCUT2D eigenvalue weighted by Crippen LogP contribution is 2.03. The molecular formula is C13H27N. The highest BCUT2D eigenvalue weighted by Gasteiger charge is 1.97. The van der Waals surface area contributed by atoms with Gasteiger partial charge in [0.1, 0.15) is 0 Å². The molecule has 0 fully saturated rings. The normalized spacial score (nSPS) is 11.1. The molecule has 0 aliphatic heterocycles. The first kappa shape index (κ1) is 13.5. The van der Waals surface area contributed by atoms with E-state index in [1.807, 2.05) is 0 Å². The summed E-state index contributed by atoms with van der Waals surface area (Å²) in [5.41, 5.74) is 0. The smallest absolute Gasteiger partial charge is 0.0172 e. The predicted octanol–water partition coefficient (Wildman–Crippen LogP) is 4.20. The molecule has 0 aliphatic rings. The predicted molar refractivity (Wildman–Crippen MR) is 65.4 cm³/mol. The summed E-state index contributed by atoms with van der Waals surface area (Å²) >= 11 is 0. The molecule has 0 atom stereocenters. The van der Waals surface area contributed by atoms with Gasteiger partial charge in [0.15, 0.2) is 0 Å². The first-order chi connectivity index (χ1) is 6.85. The lowest BCUT2D eigenvalue weighted by molar-refractivity contribution is 0.353. The molecule has 0 spiro atoms. The van der Waals surface area contributed by atoms with E-state index in [9.17, 15) is 0 Å². The van der Waals surface area contributed by atoms with Crippen molar-refractivity contribution in [3.8, 4) is 0 Å². The third-order valence-corrected chi connectivity index (χ3v) is 2.46. The minimum atomic E-state index is 1.24. The van der Waals surface area contributed by atoms with Crippen LogP contribution in [0.5, 0.6) is 0 Å². The van der Waals surface area contributed by atoms with Gasteiger partial charge < -0.3 is 4.90 Å². The van der Waals surface area contributed by atoms with Crippen LogP contribution in [0.25, 0.3) is 0 Å². The van der Waals surface area contributed by atoms with Gasteiger partial charge in [-0.15, -0.1) is 0 Å². The summed E-state index contributed by atoms with van der Waals surface area (Å²) in [6, 6.07) is 0. The van der Waals surface area contributed by atoms with Crippen molar-refractivity contribution in [2.45, 2.75) is 59.3 Å². The Balaban J connectivity index is 3.55. The topological polar surface area (TPSA) is 3.24 Å². The summed E-state index contributed by atoms with van der Waals surface area (Å²) in [6.07, 6.45) is 12.4. The standard InChI is InChI=1S/C13H27N/c1-4-7-9-12-14(11-6-3)13-10-8-5-2/h6,11H,4-5,7-10,12-13H2,1-3H3. The molecular weight excluding hydrogens is 170 g/mol. The molecule has 0 amide bonds. The zero-order valence-electron chi connectivity index (χ0n) is 10.3. The maximum absolute atomic E-state index is 2.46. The molecule has 0 bridgehead atoms. The fourth-order valence-electron chi connectivity index (χ4n) is 1.60. The van der Waals surface area contributed by atoms with Crippen LogP contribution in [-0.4, -0.2) is 18.0 Å². The van der Waals surface area contributed by atoms with Gasteiger partial charge in [0.2, 0.25) is 0 Å². The fraction of sp³-hybridized carbons (Fsp3) is 0.846. The number of nitrogens with zero attached hydrogens (tertiary/aromatic N) is 1. The SMILES string of the molecule is CC=CN(CCCCC)CCCCC. The van der Waals surface area contributed by atoms with Crippen molar-refractivity contribution in [2.75, 3.05) is 13.1 Å². The minimum Gasteiger partial charge on any atom is -0.378 e. The Labute approximate surface area is 90.2 Å². The van der Waals surface area contributed by atoms with Crippen LogP contribution in [0.3, 0.4) is 0 Å². The van der Waals surface area contributed by atoms with E-state index in [0.717, 1.165) is 0 Å². The van der Waals surface area contributed by atoms with Crippen molar-refractivity contribution in [1.82, 2.24) is 4.90 Å². The van der Waals surface area contributed by atoms with Crippen LogP contribution in [0.1, 0.15) is 59.3 Å². The van der Waals surface area contributed by atoms with Gasteiger partial charge in [0.05, 0.1) is 0 Å². The highest BCUT2D eigenvalue weighted by atomic mass is 15.1. The fourth-order valence-corrected chi connectivity index (χ4v) is 1.60. The maximum Gasteiger partial charge on any atom is 0.0172 e. The third kappa shape index (κ3) is 8.15. The Morgan fingerprint density at radius 2 is 1.36 bits per heavy atom. The Morgan fingerprint density at radius 1 is 0.857 bits per heavy atom. The van der Waals surface area contributed by atoms with Gasteiger partial charge in [0.25, 0.3) is 0 Å². The van der Waals surface area contributed by atoms with E-state index in [1.165, 1.54) is 51.6 Å². The van der Waals surface area contributed by atoms with Crippen LogP contribution in [0, 0.1) is 0 Å². The average molecular weight is 197 g/mol. The van der Waals surface area contributed by atoms with Gasteiger partial charge >= 0.3 is 0 Å². The Hall–Kier alpha value is -0.460. The van der Waals surface area contributed by atoms with Gasteiger partial charge in [-0.3, -0.25) is 0 Å². The molecule has 0 saturated heterocycles. The van der Waals surface area contributed by atoms with Gasteiger partial charge in [-0.25, -0.2) is 0 Å². The van der Waals surface area contributed by atoms with Crippen LogP contribution in [0.4, 0.5) is 0 Å². The first-order valence-corrected chi connectivity index (χ1v) is 6.22. The molecule has 84 valence electrons. The molecule has 14 heavy (non-hydrogen) atoms. The second-order valence-electron chi connectivity index (χ2n) is 3.93.